The first kappa shape index (κ1) is 18.9. The Morgan fingerprint density at radius 3 is 2.41 bits per heavy atom. The summed E-state index contributed by atoms with van der Waals surface area (Å²) in [6.07, 6.45) is 0. The van der Waals surface area contributed by atoms with E-state index in [1.165, 1.54) is 18.2 Å². The van der Waals surface area contributed by atoms with E-state index in [1.54, 1.807) is 54.6 Å². The van der Waals surface area contributed by atoms with Gasteiger partial charge in [-0.25, -0.2) is 4.39 Å². The van der Waals surface area contributed by atoms with E-state index in [0.717, 1.165) is 0 Å². The number of halogens is 2. The zero-order chi connectivity index (χ0) is 20.4. The van der Waals surface area contributed by atoms with Gasteiger partial charge in [0.05, 0.1) is 5.56 Å². The second-order valence-electron chi connectivity index (χ2n) is 6.20. The van der Waals surface area contributed by atoms with E-state index < -0.39 is 17.6 Å². The van der Waals surface area contributed by atoms with Crippen molar-refractivity contribution in [2.45, 2.75) is 0 Å². The predicted octanol–water partition coefficient (Wildman–Crippen LogP) is 5.84. The lowest BCUT2D eigenvalue weighted by atomic mass is 10.1. The van der Waals surface area contributed by atoms with Crippen molar-refractivity contribution in [3.05, 3.63) is 94.4 Å². The topological polar surface area (TPSA) is 71.3 Å². The molecule has 0 spiro atoms. The van der Waals surface area contributed by atoms with Gasteiger partial charge in [0.2, 0.25) is 5.76 Å². The fourth-order valence-corrected chi connectivity index (χ4v) is 3.37. The molecule has 0 radical (unpaired) electrons. The normalized spacial score (nSPS) is 10.7. The molecule has 4 rings (SSSR count). The summed E-state index contributed by atoms with van der Waals surface area (Å²) in [6, 6.07) is 19.4. The van der Waals surface area contributed by atoms with Crippen LogP contribution in [0.1, 0.15) is 20.9 Å². The lowest BCUT2D eigenvalue weighted by molar-refractivity contribution is 0.0999. The molecule has 0 aliphatic heterocycles. The van der Waals surface area contributed by atoms with E-state index in [9.17, 15) is 14.0 Å². The fourth-order valence-electron chi connectivity index (χ4n) is 2.91. The first-order valence-corrected chi connectivity index (χ1v) is 9.46. The third-order valence-electron chi connectivity index (χ3n) is 4.24. The van der Waals surface area contributed by atoms with E-state index in [2.05, 4.69) is 26.6 Å². The number of benzene rings is 3. The molecule has 0 aliphatic rings. The summed E-state index contributed by atoms with van der Waals surface area (Å²) in [5.41, 5.74) is 1.38. The lowest BCUT2D eigenvalue weighted by Crippen LogP contribution is -2.17. The minimum Gasteiger partial charge on any atom is -0.449 e. The third kappa shape index (κ3) is 3.90. The van der Waals surface area contributed by atoms with Gasteiger partial charge in [0.15, 0.2) is 0 Å². The van der Waals surface area contributed by atoms with Crippen LogP contribution in [0.4, 0.5) is 15.8 Å². The summed E-state index contributed by atoms with van der Waals surface area (Å²) in [6.45, 7) is 0. The van der Waals surface area contributed by atoms with Crippen LogP contribution in [-0.4, -0.2) is 11.8 Å². The van der Waals surface area contributed by atoms with Crippen molar-refractivity contribution in [2.75, 3.05) is 10.6 Å². The zero-order valence-corrected chi connectivity index (χ0v) is 16.5. The second kappa shape index (κ2) is 7.89. The Bertz CT molecular complexity index is 1240. The summed E-state index contributed by atoms with van der Waals surface area (Å²) >= 11 is 3.35. The standard InChI is InChI=1S/C22H14BrFN2O3/c23-17-10-3-1-8-15(17)21(27)26-19-16-9-2-4-11-18(16)29-20(19)22(28)25-14-7-5-6-13(24)12-14/h1-12H,(H,25,28)(H,26,27). The van der Waals surface area contributed by atoms with Gasteiger partial charge in [-0.15, -0.1) is 0 Å². The number of amides is 2. The van der Waals surface area contributed by atoms with Crippen molar-refractivity contribution in [1.82, 2.24) is 0 Å². The summed E-state index contributed by atoms with van der Waals surface area (Å²) in [5, 5.41) is 5.94. The molecule has 0 atom stereocenters. The van der Waals surface area contributed by atoms with Crippen molar-refractivity contribution in [3.63, 3.8) is 0 Å². The summed E-state index contributed by atoms with van der Waals surface area (Å²) in [5.74, 6) is -1.55. The Morgan fingerprint density at radius 2 is 1.62 bits per heavy atom. The Hall–Kier alpha value is -3.45. The highest BCUT2D eigenvalue weighted by Crippen LogP contribution is 2.32. The van der Waals surface area contributed by atoms with Crippen LogP contribution in [0, 0.1) is 5.82 Å². The molecule has 3 aromatic carbocycles. The molecule has 0 saturated heterocycles. The van der Waals surface area contributed by atoms with Crippen LogP contribution in [0.25, 0.3) is 11.0 Å². The number of anilines is 2. The average molecular weight is 453 g/mol. The van der Waals surface area contributed by atoms with Gasteiger partial charge in [0.1, 0.15) is 17.1 Å². The van der Waals surface area contributed by atoms with Crippen molar-refractivity contribution < 1.29 is 18.4 Å². The van der Waals surface area contributed by atoms with Gasteiger partial charge < -0.3 is 15.1 Å². The summed E-state index contributed by atoms with van der Waals surface area (Å²) in [4.78, 5) is 25.6. The molecular weight excluding hydrogens is 439 g/mol. The van der Waals surface area contributed by atoms with E-state index in [4.69, 9.17) is 4.42 Å². The van der Waals surface area contributed by atoms with Crippen LogP contribution in [0.15, 0.2) is 81.7 Å². The summed E-state index contributed by atoms with van der Waals surface area (Å²) in [7, 11) is 0. The molecule has 0 fully saturated rings. The highest BCUT2D eigenvalue weighted by atomic mass is 79.9. The highest BCUT2D eigenvalue weighted by molar-refractivity contribution is 9.10. The number of carbonyl (C=O) groups excluding carboxylic acids is 2. The molecule has 144 valence electrons. The van der Waals surface area contributed by atoms with E-state index in [0.29, 0.717) is 21.0 Å². The van der Waals surface area contributed by atoms with Gasteiger partial charge in [-0.05, 0) is 58.4 Å². The monoisotopic (exact) mass is 452 g/mol. The molecular formula is C22H14BrFN2O3. The van der Waals surface area contributed by atoms with Gasteiger partial charge in [0, 0.05) is 15.5 Å². The van der Waals surface area contributed by atoms with E-state index in [-0.39, 0.29) is 17.1 Å². The third-order valence-corrected chi connectivity index (χ3v) is 4.93. The van der Waals surface area contributed by atoms with Gasteiger partial charge >= 0.3 is 0 Å². The molecule has 29 heavy (non-hydrogen) atoms. The SMILES string of the molecule is O=C(Nc1c(C(=O)Nc2cccc(F)c2)oc2ccccc12)c1ccccc1Br. The molecule has 2 N–H and O–H groups in total. The number of para-hydroxylation sites is 1. The number of fused-ring (bicyclic) bond motifs is 1. The van der Waals surface area contributed by atoms with Gasteiger partial charge in [-0.2, -0.15) is 0 Å². The molecule has 5 nitrogen and oxygen atoms in total. The summed E-state index contributed by atoms with van der Waals surface area (Å²) < 4.78 is 19.7. The van der Waals surface area contributed by atoms with Gasteiger partial charge in [-0.1, -0.05) is 30.3 Å². The van der Waals surface area contributed by atoms with E-state index >= 15 is 0 Å². The number of nitrogens with one attached hydrogen (secondary N) is 2. The Labute approximate surface area is 173 Å². The molecule has 0 bridgehead atoms. The number of furan rings is 1. The van der Waals surface area contributed by atoms with Crippen LogP contribution in [0.2, 0.25) is 0 Å². The Morgan fingerprint density at radius 1 is 0.862 bits per heavy atom. The lowest BCUT2D eigenvalue weighted by Gasteiger charge is -2.08. The van der Waals surface area contributed by atoms with Crippen LogP contribution in [-0.2, 0) is 0 Å². The maximum Gasteiger partial charge on any atom is 0.293 e. The first-order chi connectivity index (χ1) is 14.0. The van der Waals surface area contributed by atoms with Gasteiger partial charge in [-0.3, -0.25) is 9.59 Å². The molecule has 2 amide bonds. The van der Waals surface area contributed by atoms with Gasteiger partial charge in [0.25, 0.3) is 11.8 Å². The molecule has 0 saturated carbocycles. The van der Waals surface area contributed by atoms with Crippen molar-refractivity contribution >= 4 is 50.1 Å². The molecule has 0 aliphatic carbocycles. The average Bonchev–Trinajstić information content (AvgIpc) is 3.07. The molecule has 1 aromatic heterocycles. The smallest absolute Gasteiger partial charge is 0.293 e. The molecule has 7 heteroatoms. The van der Waals surface area contributed by atoms with E-state index in [1.807, 2.05) is 0 Å². The number of rotatable bonds is 4. The number of carbonyl (C=O) groups is 2. The van der Waals surface area contributed by atoms with Crippen LogP contribution in [0.3, 0.4) is 0 Å². The van der Waals surface area contributed by atoms with Crippen LogP contribution < -0.4 is 10.6 Å². The second-order valence-corrected chi connectivity index (χ2v) is 7.06. The number of hydrogen-bond acceptors (Lipinski definition) is 3. The largest absolute Gasteiger partial charge is 0.449 e. The minimum atomic E-state index is -0.603. The van der Waals surface area contributed by atoms with Crippen LogP contribution in [0.5, 0.6) is 0 Å². The van der Waals surface area contributed by atoms with Crippen molar-refractivity contribution in [1.29, 1.82) is 0 Å². The molecule has 4 aromatic rings. The first-order valence-electron chi connectivity index (χ1n) is 8.67. The fraction of sp³-hybridized carbons (Fsp3) is 0. The maximum absolute atomic E-state index is 13.4. The predicted molar refractivity (Wildman–Crippen MR) is 113 cm³/mol. The Kier molecular flexibility index (Phi) is 5.14. The highest BCUT2D eigenvalue weighted by Gasteiger charge is 2.23. The van der Waals surface area contributed by atoms with Crippen molar-refractivity contribution in [2.24, 2.45) is 0 Å². The number of hydrogen-bond donors (Lipinski definition) is 2. The molecule has 1 heterocycles. The zero-order valence-electron chi connectivity index (χ0n) is 14.9. The minimum absolute atomic E-state index is 0.0733. The van der Waals surface area contributed by atoms with Crippen molar-refractivity contribution in [3.8, 4) is 0 Å². The van der Waals surface area contributed by atoms with Crippen LogP contribution >= 0.6 is 15.9 Å². The molecule has 0 unspecified atom stereocenters. The maximum atomic E-state index is 13.4. The quantitative estimate of drug-likeness (QED) is 0.408. The Balaban J connectivity index is 1.72.